The molecule has 0 unspecified atom stereocenters. The number of hydrogen-bond donors (Lipinski definition) is 1. The fraction of sp³-hybridized carbons (Fsp3) is 0.190. The minimum Gasteiger partial charge on any atom is -0.496 e. The molecule has 1 heterocycles. The van der Waals surface area contributed by atoms with E-state index < -0.39 is 18.5 Å². The van der Waals surface area contributed by atoms with Gasteiger partial charge >= 0.3 is 5.97 Å². The van der Waals surface area contributed by atoms with E-state index in [4.69, 9.17) is 14.0 Å². The number of esters is 1. The van der Waals surface area contributed by atoms with Gasteiger partial charge in [-0.1, -0.05) is 46.6 Å². The van der Waals surface area contributed by atoms with Gasteiger partial charge in [0, 0.05) is 11.6 Å². The van der Waals surface area contributed by atoms with Crippen LogP contribution < -0.4 is 10.1 Å². The standard InChI is InChI=1S/C21H20N2O5/c1-13-4-7-15(8-5-13)17-11-20(28-23-17)22-19(24)12-27-21(25)16-10-14(2)6-9-18(16)26-3/h4-11H,12H2,1-3H3,(H,22,24). The second kappa shape index (κ2) is 8.39. The van der Waals surface area contributed by atoms with Gasteiger partial charge in [-0.25, -0.2) is 4.79 Å². The Bertz CT molecular complexity index is 992. The van der Waals surface area contributed by atoms with Crippen molar-refractivity contribution in [1.29, 1.82) is 0 Å². The summed E-state index contributed by atoms with van der Waals surface area (Å²) in [6.45, 7) is 3.38. The van der Waals surface area contributed by atoms with Crippen LogP contribution in [0.5, 0.6) is 5.75 Å². The maximum absolute atomic E-state index is 12.2. The first-order valence-electron chi connectivity index (χ1n) is 8.61. The van der Waals surface area contributed by atoms with Crippen molar-refractivity contribution in [2.24, 2.45) is 0 Å². The minimum absolute atomic E-state index is 0.171. The number of amides is 1. The topological polar surface area (TPSA) is 90.7 Å². The van der Waals surface area contributed by atoms with Crippen molar-refractivity contribution in [2.45, 2.75) is 13.8 Å². The van der Waals surface area contributed by atoms with Crippen LogP contribution >= 0.6 is 0 Å². The molecule has 7 nitrogen and oxygen atoms in total. The van der Waals surface area contributed by atoms with Crippen LogP contribution in [0.25, 0.3) is 11.3 Å². The number of nitrogens with one attached hydrogen (secondary N) is 1. The molecule has 2 aromatic carbocycles. The summed E-state index contributed by atoms with van der Waals surface area (Å²) in [5.41, 5.74) is 3.73. The number of ether oxygens (including phenoxy) is 2. The third kappa shape index (κ3) is 4.56. The summed E-state index contributed by atoms with van der Waals surface area (Å²) in [4.78, 5) is 24.3. The van der Waals surface area contributed by atoms with E-state index in [0.717, 1.165) is 16.7 Å². The van der Waals surface area contributed by atoms with Gasteiger partial charge in [-0.05, 0) is 26.0 Å². The molecule has 1 N–H and O–H groups in total. The monoisotopic (exact) mass is 380 g/mol. The molecule has 0 aliphatic heterocycles. The highest BCUT2D eigenvalue weighted by Crippen LogP contribution is 2.22. The predicted molar refractivity (Wildman–Crippen MR) is 103 cm³/mol. The molecule has 3 rings (SSSR count). The van der Waals surface area contributed by atoms with E-state index in [9.17, 15) is 9.59 Å². The first-order chi connectivity index (χ1) is 13.5. The molecular formula is C21H20N2O5. The molecule has 0 radical (unpaired) electrons. The summed E-state index contributed by atoms with van der Waals surface area (Å²) in [7, 11) is 1.46. The van der Waals surface area contributed by atoms with Crippen LogP contribution in [0, 0.1) is 13.8 Å². The lowest BCUT2D eigenvalue weighted by atomic mass is 10.1. The molecule has 3 aromatic rings. The minimum atomic E-state index is -0.645. The van der Waals surface area contributed by atoms with Gasteiger partial charge in [0.1, 0.15) is 17.0 Å². The summed E-state index contributed by atoms with van der Waals surface area (Å²) in [5.74, 6) is -0.626. The van der Waals surface area contributed by atoms with E-state index in [2.05, 4.69) is 10.5 Å². The van der Waals surface area contributed by atoms with Gasteiger partial charge in [-0.2, -0.15) is 0 Å². The lowest BCUT2D eigenvalue weighted by Crippen LogP contribution is -2.21. The fourth-order valence-electron chi connectivity index (χ4n) is 2.56. The first kappa shape index (κ1) is 19.2. The normalized spacial score (nSPS) is 10.4. The molecule has 7 heteroatoms. The van der Waals surface area contributed by atoms with Crippen LogP contribution in [0.1, 0.15) is 21.5 Å². The molecule has 1 amide bonds. The summed E-state index contributed by atoms with van der Waals surface area (Å²) in [6.07, 6.45) is 0. The van der Waals surface area contributed by atoms with Crippen molar-refractivity contribution < 1.29 is 23.6 Å². The Labute approximate surface area is 162 Å². The second-order valence-corrected chi connectivity index (χ2v) is 6.27. The SMILES string of the molecule is COc1ccc(C)cc1C(=O)OCC(=O)Nc1cc(-c2ccc(C)cc2)no1. The smallest absolute Gasteiger partial charge is 0.342 e. The number of carbonyl (C=O) groups excluding carboxylic acids is 2. The highest BCUT2D eigenvalue weighted by Gasteiger charge is 2.16. The third-order valence-corrected chi connectivity index (χ3v) is 4.03. The number of nitrogens with zero attached hydrogens (tertiary/aromatic N) is 1. The van der Waals surface area contributed by atoms with Crippen molar-refractivity contribution >= 4 is 17.8 Å². The van der Waals surface area contributed by atoms with Gasteiger partial charge in [-0.15, -0.1) is 0 Å². The number of aromatic nitrogens is 1. The highest BCUT2D eigenvalue weighted by molar-refractivity contribution is 5.96. The van der Waals surface area contributed by atoms with Crippen molar-refractivity contribution in [3.8, 4) is 17.0 Å². The molecule has 0 aliphatic rings. The van der Waals surface area contributed by atoms with Crippen LogP contribution in [0.15, 0.2) is 53.1 Å². The van der Waals surface area contributed by atoms with Crippen LogP contribution in [0.4, 0.5) is 5.88 Å². The van der Waals surface area contributed by atoms with Crippen molar-refractivity contribution in [3.05, 3.63) is 65.2 Å². The van der Waals surface area contributed by atoms with E-state index in [1.54, 1.807) is 18.2 Å². The Morgan fingerprint density at radius 2 is 1.75 bits per heavy atom. The lowest BCUT2D eigenvalue weighted by Gasteiger charge is -2.09. The zero-order valence-corrected chi connectivity index (χ0v) is 15.8. The molecule has 28 heavy (non-hydrogen) atoms. The van der Waals surface area contributed by atoms with E-state index in [0.29, 0.717) is 11.4 Å². The molecule has 0 spiro atoms. The molecule has 1 aromatic heterocycles. The average Bonchev–Trinajstić information content (AvgIpc) is 3.15. The third-order valence-electron chi connectivity index (χ3n) is 4.03. The number of anilines is 1. The molecule has 0 aliphatic carbocycles. The van der Waals surface area contributed by atoms with E-state index in [1.165, 1.54) is 7.11 Å². The van der Waals surface area contributed by atoms with Gasteiger partial charge in [0.15, 0.2) is 6.61 Å². The first-order valence-corrected chi connectivity index (χ1v) is 8.61. The Hall–Kier alpha value is -3.61. The number of hydrogen-bond acceptors (Lipinski definition) is 6. The van der Waals surface area contributed by atoms with Gasteiger partial charge in [0.25, 0.3) is 5.91 Å². The van der Waals surface area contributed by atoms with Crippen molar-refractivity contribution in [1.82, 2.24) is 5.16 Å². The maximum atomic E-state index is 12.2. The molecule has 0 bridgehead atoms. The highest BCUT2D eigenvalue weighted by atomic mass is 16.5. The van der Waals surface area contributed by atoms with E-state index >= 15 is 0 Å². The van der Waals surface area contributed by atoms with E-state index in [1.807, 2.05) is 44.2 Å². The lowest BCUT2D eigenvalue weighted by molar-refractivity contribution is -0.119. The molecule has 0 fully saturated rings. The molecule has 0 saturated heterocycles. The zero-order chi connectivity index (χ0) is 20.1. The Balaban J connectivity index is 1.58. The second-order valence-electron chi connectivity index (χ2n) is 6.27. The number of methoxy groups -OCH3 is 1. The molecular weight excluding hydrogens is 360 g/mol. The van der Waals surface area contributed by atoms with Gasteiger partial charge in [-0.3, -0.25) is 10.1 Å². The predicted octanol–water partition coefficient (Wildman–Crippen LogP) is 3.76. The number of aryl methyl sites for hydroxylation is 2. The quantitative estimate of drug-likeness (QED) is 0.655. The molecule has 144 valence electrons. The largest absolute Gasteiger partial charge is 0.496 e. The van der Waals surface area contributed by atoms with Crippen LogP contribution in [-0.2, 0) is 9.53 Å². The van der Waals surface area contributed by atoms with Crippen molar-refractivity contribution in [2.75, 3.05) is 19.0 Å². The average molecular weight is 380 g/mol. The number of benzene rings is 2. The number of carbonyl (C=O) groups is 2. The van der Waals surface area contributed by atoms with Gasteiger partial charge in [0.05, 0.1) is 7.11 Å². The molecule has 0 saturated carbocycles. The van der Waals surface area contributed by atoms with Crippen LogP contribution in [0.2, 0.25) is 0 Å². The number of rotatable bonds is 6. The van der Waals surface area contributed by atoms with Crippen molar-refractivity contribution in [3.63, 3.8) is 0 Å². The zero-order valence-electron chi connectivity index (χ0n) is 15.8. The Morgan fingerprint density at radius 3 is 2.46 bits per heavy atom. The summed E-state index contributed by atoms with van der Waals surface area (Å²) in [6, 6.07) is 14.5. The maximum Gasteiger partial charge on any atom is 0.342 e. The van der Waals surface area contributed by atoms with Gasteiger partial charge in [0.2, 0.25) is 5.88 Å². The van der Waals surface area contributed by atoms with Gasteiger partial charge < -0.3 is 14.0 Å². The Morgan fingerprint density at radius 1 is 1.04 bits per heavy atom. The molecule has 0 atom stereocenters. The summed E-state index contributed by atoms with van der Waals surface area (Å²) >= 11 is 0. The summed E-state index contributed by atoms with van der Waals surface area (Å²) < 4.78 is 15.3. The van der Waals surface area contributed by atoms with Crippen LogP contribution in [-0.4, -0.2) is 30.7 Å². The van der Waals surface area contributed by atoms with Crippen LogP contribution in [0.3, 0.4) is 0 Å². The summed E-state index contributed by atoms with van der Waals surface area (Å²) in [5, 5.41) is 6.44. The Kier molecular flexibility index (Phi) is 5.74. The fourth-order valence-corrected chi connectivity index (χ4v) is 2.56. The van der Waals surface area contributed by atoms with E-state index in [-0.39, 0.29) is 11.4 Å².